The minimum atomic E-state index is -0.0244. The first-order valence-electron chi connectivity index (χ1n) is 9.11. The lowest BCUT2D eigenvalue weighted by Crippen LogP contribution is -2.21. The minimum Gasteiger partial charge on any atom is -0.496 e. The standard InChI is InChI=1S/C19H20N8O2/c1-27-11-12(7-24-27)14-9-23-17(5-16(14)28-2)25-18-10-22-15(6-20)19(26-18)29-13-3-4-21-8-13/h5,7,9-11,13,21H,3-4,8H2,1-2H3,(H,23,25,26)/t13-/m0/s1. The van der Waals surface area contributed by atoms with Crippen LogP contribution in [0.15, 0.2) is 30.9 Å². The van der Waals surface area contributed by atoms with Gasteiger partial charge in [0, 0.05) is 43.2 Å². The third kappa shape index (κ3) is 4.09. The molecule has 1 atom stereocenters. The van der Waals surface area contributed by atoms with Crippen LogP contribution in [0.4, 0.5) is 11.6 Å². The Balaban J connectivity index is 1.57. The minimum absolute atomic E-state index is 0.0244. The molecule has 1 fully saturated rings. The Bertz CT molecular complexity index is 1050. The Morgan fingerprint density at radius 3 is 2.86 bits per heavy atom. The van der Waals surface area contributed by atoms with Gasteiger partial charge in [0.1, 0.15) is 23.7 Å². The maximum Gasteiger partial charge on any atom is 0.253 e. The molecule has 10 heteroatoms. The van der Waals surface area contributed by atoms with Crippen molar-refractivity contribution in [3.63, 3.8) is 0 Å². The zero-order valence-electron chi connectivity index (χ0n) is 16.1. The molecule has 1 aliphatic rings. The fourth-order valence-corrected chi connectivity index (χ4v) is 3.06. The zero-order chi connectivity index (χ0) is 20.2. The van der Waals surface area contributed by atoms with Crippen LogP contribution in [0.25, 0.3) is 11.1 Å². The van der Waals surface area contributed by atoms with E-state index in [0.29, 0.717) is 17.4 Å². The van der Waals surface area contributed by atoms with Crippen LogP contribution in [0.3, 0.4) is 0 Å². The van der Waals surface area contributed by atoms with Gasteiger partial charge >= 0.3 is 0 Å². The highest BCUT2D eigenvalue weighted by molar-refractivity contribution is 5.71. The summed E-state index contributed by atoms with van der Waals surface area (Å²) in [7, 11) is 3.45. The van der Waals surface area contributed by atoms with E-state index in [1.54, 1.807) is 30.3 Å². The largest absolute Gasteiger partial charge is 0.496 e. The first kappa shape index (κ1) is 18.6. The molecule has 4 heterocycles. The van der Waals surface area contributed by atoms with E-state index < -0.39 is 0 Å². The third-order valence-electron chi connectivity index (χ3n) is 4.50. The van der Waals surface area contributed by atoms with Crippen LogP contribution in [0.1, 0.15) is 12.1 Å². The summed E-state index contributed by atoms with van der Waals surface area (Å²) in [4.78, 5) is 13.0. The topological polar surface area (TPSA) is 123 Å². The zero-order valence-corrected chi connectivity index (χ0v) is 16.1. The lowest BCUT2D eigenvalue weighted by Gasteiger charge is -2.14. The number of aryl methyl sites for hydroxylation is 1. The van der Waals surface area contributed by atoms with Crippen molar-refractivity contribution >= 4 is 11.6 Å². The molecule has 0 amide bonds. The van der Waals surface area contributed by atoms with Gasteiger partial charge in [-0.15, -0.1) is 0 Å². The van der Waals surface area contributed by atoms with Gasteiger partial charge in [0.25, 0.3) is 5.88 Å². The molecule has 4 rings (SSSR count). The van der Waals surface area contributed by atoms with E-state index >= 15 is 0 Å². The average molecular weight is 392 g/mol. The molecule has 3 aromatic heterocycles. The predicted molar refractivity (Wildman–Crippen MR) is 105 cm³/mol. The summed E-state index contributed by atoms with van der Waals surface area (Å²) in [6.45, 7) is 1.60. The van der Waals surface area contributed by atoms with E-state index in [1.807, 2.05) is 19.3 Å². The second-order valence-corrected chi connectivity index (χ2v) is 6.55. The number of ether oxygens (including phenoxy) is 2. The summed E-state index contributed by atoms with van der Waals surface area (Å²) in [5, 5.41) is 19.8. The molecule has 1 saturated heterocycles. The maximum atomic E-state index is 9.28. The summed E-state index contributed by atoms with van der Waals surface area (Å²) in [5.74, 6) is 1.81. The van der Waals surface area contributed by atoms with Gasteiger partial charge < -0.3 is 20.1 Å². The van der Waals surface area contributed by atoms with Crippen LogP contribution >= 0.6 is 0 Å². The lowest BCUT2D eigenvalue weighted by molar-refractivity contribution is 0.212. The highest BCUT2D eigenvalue weighted by Crippen LogP contribution is 2.31. The summed E-state index contributed by atoms with van der Waals surface area (Å²) in [5.41, 5.74) is 1.89. The van der Waals surface area contributed by atoms with Gasteiger partial charge in [-0.1, -0.05) is 0 Å². The van der Waals surface area contributed by atoms with Crippen molar-refractivity contribution < 1.29 is 9.47 Å². The number of hydrogen-bond acceptors (Lipinski definition) is 9. The average Bonchev–Trinajstić information content (AvgIpc) is 3.40. The molecule has 148 valence electrons. The van der Waals surface area contributed by atoms with E-state index in [1.165, 1.54) is 6.20 Å². The second kappa shape index (κ2) is 8.12. The Hall–Kier alpha value is -3.71. The number of methoxy groups -OCH3 is 1. The first-order chi connectivity index (χ1) is 14.2. The maximum absolute atomic E-state index is 9.28. The number of nitrogens with one attached hydrogen (secondary N) is 2. The normalized spacial score (nSPS) is 15.7. The number of aromatic nitrogens is 5. The fraction of sp³-hybridized carbons (Fsp3) is 0.316. The SMILES string of the molecule is COc1cc(Nc2cnc(C#N)c(O[C@H]3CCNC3)n2)ncc1-c1cnn(C)c1. The monoisotopic (exact) mass is 392 g/mol. The Morgan fingerprint density at radius 2 is 2.17 bits per heavy atom. The molecule has 2 N–H and O–H groups in total. The van der Waals surface area contributed by atoms with E-state index in [4.69, 9.17) is 9.47 Å². The van der Waals surface area contributed by atoms with Crippen molar-refractivity contribution in [3.05, 3.63) is 36.5 Å². The van der Waals surface area contributed by atoms with E-state index in [2.05, 4.69) is 30.7 Å². The van der Waals surface area contributed by atoms with Crippen LogP contribution in [-0.2, 0) is 7.05 Å². The van der Waals surface area contributed by atoms with Crippen molar-refractivity contribution in [2.45, 2.75) is 12.5 Å². The smallest absolute Gasteiger partial charge is 0.253 e. The Morgan fingerprint density at radius 1 is 1.28 bits per heavy atom. The van der Waals surface area contributed by atoms with Crippen molar-refractivity contribution in [2.24, 2.45) is 7.05 Å². The van der Waals surface area contributed by atoms with Gasteiger partial charge in [0.05, 0.1) is 19.5 Å². The lowest BCUT2D eigenvalue weighted by atomic mass is 10.1. The highest BCUT2D eigenvalue weighted by Gasteiger charge is 2.20. The predicted octanol–water partition coefficient (Wildman–Crippen LogP) is 1.64. The molecule has 10 nitrogen and oxygen atoms in total. The van der Waals surface area contributed by atoms with Gasteiger partial charge in [0.2, 0.25) is 5.69 Å². The van der Waals surface area contributed by atoms with Crippen LogP contribution in [-0.4, -0.2) is 51.0 Å². The molecule has 0 aliphatic carbocycles. The van der Waals surface area contributed by atoms with Gasteiger partial charge in [0.15, 0.2) is 5.82 Å². The van der Waals surface area contributed by atoms with Crippen LogP contribution < -0.4 is 20.1 Å². The summed E-state index contributed by atoms with van der Waals surface area (Å²) in [6.07, 6.45) is 7.65. The van der Waals surface area contributed by atoms with E-state index in [-0.39, 0.29) is 17.7 Å². The van der Waals surface area contributed by atoms with Crippen molar-refractivity contribution in [3.8, 4) is 28.8 Å². The molecular weight excluding hydrogens is 372 g/mol. The van der Waals surface area contributed by atoms with Crippen LogP contribution in [0.2, 0.25) is 0 Å². The summed E-state index contributed by atoms with van der Waals surface area (Å²) in [6, 6.07) is 3.78. The van der Waals surface area contributed by atoms with E-state index in [0.717, 1.165) is 30.6 Å². The number of anilines is 2. The number of nitrogens with zero attached hydrogens (tertiary/aromatic N) is 6. The second-order valence-electron chi connectivity index (χ2n) is 6.55. The van der Waals surface area contributed by atoms with Crippen LogP contribution in [0, 0.1) is 11.3 Å². The van der Waals surface area contributed by atoms with Gasteiger partial charge in [-0.3, -0.25) is 4.68 Å². The molecule has 0 spiro atoms. The molecule has 3 aromatic rings. The number of rotatable bonds is 6. The highest BCUT2D eigenvalue weighted by atomic mass is 16.5. The number of nitriles is 1. The molecule has 29 heavy (non-hydrogen) atoms. The van der Waals surface area contributed by atoms with Crippen molar-refractivity contribution in [1.82, 2.24) is 30.0 Å². The van der Waals surface area contributed by atoms with Gasteiger partial charge in [-0.05, 0) is 13.0 Å². The fourth-order valence-electron chi connectivity index (χ4n) is 3.06. The van der Waals surface area contributed by atoms with Gasteiger partial charge in [-0.2, -0.15) is 15.3 Å². The molecule has 0 bridgehead atoms. The summed E-state index contributed by atoms with van der Waals surface area (Å²) < 4.78 is 13.1. The number of hydrogen-bond donors (Lipinski definition) is 2. The van der Waals surface area contributed by atoms with E-state index in [9.17, 15) is 5.26 Å². The van der Waals surface area contributed by atoms with Crippen molar-refractivity contribution in [2.75, 3.05) is 25.5 Å². The molecule has 0 saturated carbocycles. The number of pyridine rings is 1. The molecular formula is C19H20N8O2. The van der Waals surface area contributed by atoms with Crippen LogP contribution in [0.5, 0.6) is 11.6 Å². The Kier molecular flexibility index (Phi) is 5.22. The first-order valence-corrected chi connectivity index (χ1v) is 9.11. The molecule has 1 aliphatic heterocycles. The summed E-state index contributed by atoms with van der Waals surface area (Å²) >= 11 is 0. The van der Waals surface area contributed by atoms with Gasteiger partial charge in [-0.25, -0.2) is 9.97 Å². The molecule has 0 aromatic carbocycles. The molecule has 0 radical (unpaired) electrons. The third-order valence-corrected chi connectivity index (χ3v) is 4.50. The molecule has 0 unspecified atom stereocenters. The van der Waals surface area contributed by atoms with Crippen molar-refractivity contribution in [1.29, 1.82) is 5.26 Å². The quantitative estimate of drug-likeness (QED) is 0.644. The Labute approximate surface area is 167 Å².